The van der Waals surface area contributed by atoms with Gasteiger partial charge in [-0.05, 0) is 37.5 Å². The molecule has 0 unspecified atom stereocenters. The third-order valence-electron chi connectivity index (χ3n) is 4.10. The molecule has 0 spiro atoms. The van der Waals surface area contributed by atoms with Crippen molar-refractivity contribution >= 4 is 51.4 Å². The van der Waals surface area contributed by atoms with E-state index in [-0.39, 0.29) is 11.7 Å². The number of amides is 1. The van der Waals surface area contributed by atoms with E-state index in [1.165, 1.54) is 23.1 Å². The average molecular weight is 409 g/mol. The normalized spacial score (nSPS) is 11.0. The van der Waals surface area contributed by atoms with E-state index in [0.717, 1.165) is 11.3 Å². The molecular weight excluding hydrogens is 388 g/mol. The zero-order valence-corrected chi connectivity index (χ0v) is 17.3. The number of hydrogen-bond acceptors (Lipinski definition) is 6. The first-order valence-corrected chi connectivity index (χ1v) is 10.4. The second kappa shape index (κ2) is 9.26. The van der Waals surface area contributed by atoms with Gasteiger partial charge in [0, 0.05) is 10.7 Å². The highest BCUT2D eigenvalue weighted by atomic mass is 35.5. The summed E-state index contributed by atoms with van der Waals surface area (Å²) in [5.74, 6) is 2.84. The number of benzene rings is 1. The van der Waals surface area contributed by atoms with Gasteiger partial charge in [-0.15, -0.1) is 16.6 Å². The van der Waals surface area contributed by atoms with E-state index in [4.69, 9.17) is 18.0 Å². The number of terminal acetylenes is 1. The Bertz CT molecular complexity index is 812. The lowest BCUT2D eigenvalue weighted by atomic mass is 9.94. The Morgan fingerprint density at radius 2 is 2.12 bits per heavy atom. The van der Waals surface area contributed by atoms with Gasteiger partial charge in [-0.3, -0.25) is 4.79 Å². The molecule has 0 atom stereocenters. The molecule has 1 aromatic heterocycles. The highest BCUT2D eigenvalue weighted by Crippen LogP contribution is 2.30. The standard InChI is InChI=1S/C18H21ClN4OS2/c1-5-18(6-2,7-3)21-15(24)11-25-17-23-22-16(26-17)20-14-10-8-9-13(19)12(14)4/h1,8-10H,6-7,11H2,2-4H3,(H,20,22)(H,21,24). The summed E-state index contributed by atoms with van der Waals surface area (Å²) in [6.45, 7) is 5.87. The number of hydrogen-bond donors (Lipinski definition) is 2. The van der Waals surface area contributed by atoms with Gasteiger partial charge in [-0.1, -0.05) is 60.5 Å². The van der Waals surface area contributed by atoms with Crippen LogP contribution in [-0.4, -0.2) is 27.4 Å². The van der Waals surface area contributed by atoms with Crippen LogP contribution in [0.15, 0.2) is 22.5 Å². The summed E-state index contributed by atoms with van der Waals surface area (Å²) in [5, 5.41) is 15.7. The largest absolute Gasteiger partial charge is 0.339 e. The number of halogens is 1. The average Bonchev–Trinajstić information content (AvgIpc) is 3.09. The van der Waals surface area contributed by atoms with E-state index in [0.29, 0.717) is 27.3 Å². The SMILES string of the molecule is C#CC(CC)(CC)NC(=O)CSc1nnc(Nc2cccc(Cl)c2C)s1. The molecule has 0 aliphatic carbocycles. The van der Waals surface area contributed by atoms with Crippen molar-refractivity contribution in [2.45, 2.75) is 43.5 Å². The molecule has 0 radical (unpaired) electrons. The molecule has 26 heavy (non-hydrogen) atoms. The number of carbonyl (C=O) groups is 1. The van der Waals surface area contributed by atoms with Crippen molar-refractivity contribution in [1.29, 1.82) is 0 Å². The fourth-order valence-corrected chi connectivity index (χ4v) is 4.01. The molecule has 8 heteroatoms. The van der Waals surface area contributed by atoms with Crippen molar-refractivity contribution < 1.29 is 4.79 Å². The predicted molar refractivity (Wildman–Crippen MR) is 110 cm³/mol. The fraction of sp³-hybridized carbons (Fsp3) is 0.389. The van der Waals surface area contributed by atoms with Gasteiger partial charge in [-0.25, -0.2) is 0 Å². The van der Waals surface area contributed by atoms with Crippen LogP contribution in [-0.2, 0) is 4.79 Å². The van der Waals surface area contributed by atoms with Crippen molar-refractivity contribution in [3.8, 4) is 12.3 Å². The van der Waals surface area contributed by atoms with Gasteiger partial charge in [0.25, 0.3) is 0 Å². The molecule has 2 aromatic rings. The summed E-state index contributed by atoms with van der Waals surface area (Å²) in [5.41, 5.74) is 1.26. The van der Waals surface area contributed by atoms with Crippen LogP contribution in [0, 0.1) is 19.3 Å². The first-order chi connectivity index (χ1) is 12.4. The van der Waals surface area contributed by atoms with E-state index >= 15 is 0 Å². The number of thioether (sulfide) groups is 1. The molecule has 2 rings (SSSR count). The topological polar surface area (TPSA) is 66.9 Å². The van der Waals surface area contributed by atoms with Gasteiger partial charge in [0.05, 0.1) is 5.75 Å². The van der Waals surface area contributed by atoms with Gasteiger partial charge in [0.1, 0.15) is 5.54 Å². The van der Waals surface area contributed by atoms with E-state index in [1.807, 2.05) is 39.0 Å². The molecular formula is C18H21ClN4OS2. The van der Waals surface area contributed by atoms with Crippen LogP contribution in [0.5, 0.6) is 0 Å². The quantitative estimate of drug-likeness (QED) is 0.491. The lowest BCUT2D eigenvalue weighted by Gasteiger charge is -2.26. The number of aromatic nitrogens is 2. The summed E-state index contributed by atoms with van der Waals surface area (Å²) in [7, 11) is 0. The van der Waals surface area contributed by atoms with Crippen molar-refractivity contribution in [1.82, 2.24) is 15.5 Å². The first kappa shape index (κ1) is 20.6. The van der Waals surface area contributed by atoms with Crippen LogP contribution < -0.4 is 10.6 Å². The summed E-state index contributed by atoms with van der Waals surface area (Å²) < 4.78 is 0.710. The second-order valence-electron chi connectivity index (χ2n) is 5.68. The molecule has 2 N–H and O–H groups in total. The lowest BCUT2D eigenvalue weighted by Crippen LogP contribution is -2.47. The molecule has 1 heterocycles. The summed E-state index contributed by atoms with van der Waals surface area (Å²) in [6, 6.07) is 5.64. The fourth-order valence-electron chi connectivity index (χ4n) is 2.27. The van der Waals surface area contributed by atoms with Crippen LogP contribution in [0.3, 0.4) is 0 Å². The Morgan fingerprint density at radius 1 is 1.38 bits per heavy atom. The minimum Gasteiger partial charge on any atom is -0.339 e. The molecule has 0 aliphatic rings. The van der Waals surface area contributed by atoms with E-state index < -0.39 is 5.54 Å². The number of carbonyl (C=O) groups excluding carboxylic acids is 1. The molecule has 0 saturated carbocycles. The predicted octanol–water partition coefficient (Wildman–Crippen LogP) is 4.64. The number of anilines is 2. The zero-order valence-electron chi connectivity index (χ0n) is 14.9. The minimum absolute atomic E-state index is 0.105. The summed E-state index contributed by atoms with van der Waals surface area (Å²) >= 11 is 8.85. The zero-order chi connectivity index (χ0) is 19.2. The maximum Gasteiger partial charge on any atom is 0.231 e. The van der Waals surface area contributed by atoms with Gasteiger partial charge in [-0.2, -0.15) is 0 Å². The molecule has 0 saturated heterocycles. The third-order valence-corrected chi connectivity index (χ3v) is 6.49. The Balaban J connectivity index is 1.93. The van der Waals surface area contributed by atoms with Crippen LogP contribution in [0.25, 0.3) is 0 Å². The second-order valence-corrected chi connectivity index (χ2v) is 8.29. The smallest absolute Gasteiger partial charge is 0.231 e. The Kier molecular flexibility index (Phi) is 7.33. The maximum atomic E-state index is 12.2. The molecule has 0 bridgehead atoms. The van der Waals surface area contributed by atoms with Crippen LogP contribution >= 0.6 is 34.7 Å². The highest BCUT2D eigenvalue weighted by Gasteiger charge is 2.25. The lowest BCUT2D eigenvalue weighted by molar-refractivity contribution is -0.119. The van der Waals surface area contributed by atoms with Crippen LogP contribution in [0.2, 0.25) is 5.02 Å². The first-order valence-electron chi connectivity index (χ1n) is 8.20. The third kappa shape index (κ3) is 5.13. The molecule has 1 amide bonds. The van der Waals surface area contributed by atoms with E-state index in [1.54, 1.807) is 0 Å². The summed E-state index contributed by atoms with van der Waals surface area (Å²) in [6.07, 6.45) is 6.97. The Labute approximate surface area is 167 Å². The molecule has 138 valence electrons. The van der Waals surface area contributed by atoms with Crippen molar-refractivity contribution in [3.63, 3.8) is 0 Å². The molecule has 5 nitrogen and oxygen atoms in total. The van der Waals surface area contributed by atoms with Gasteiger partial charge >= 0.3 is 0 Å². The number of nitrogens with zero attached hydrogens (tertiary/aromatic N) is 2. The molecule has 0 aliphatic heterocycles. The van der Waals surface area contributed by atoms with Gasteiger partial charge in [0.15, 0.2) is 4.34 Å². The van der Waals surface area contributed by atoms with Crippen LogP contribution in [0.4, 0.5) is 10.8 Å². The molecule has 0 fully saturated rings. The number of nitrogens with one attached hydrogen (secondary N) is 2. The minimum atomic E-state index is -0.574. The highest BCUT2D eigenvalue weighted by molar-refractivity contribution is 8.01. The molecule has 1 aromatic carbocycles. The van der Waals surface area contributed by atoms with Crippen LogP contribution in [0.1, 0.15) is 32.3 Å². The monoisotopic (exact) mass is 408 g/mol. The van der Waals surface area contributed by atoms with E-state index in [9.17, 15) is 4.79 Å². The van der Waals surface area contributed by atoms with Crippen molar-refractivity contribution in [2.24, 2.45) is 0 Å². The van der Waals surface area contributed by atoms with Crippen molar-refractivity contribution in [2.75, 3.05) is 11.1 Å². The van der Waals surface area contributed by atoms with Gasteiger partial charge < -0.3 is 10.6 Å². The maximum absolute atomic E-state index is 12.2. The van der Waals surface area contributed by atoms with Gasteiger partial charge in [0.2, 0.25) is 11.0 Å². The van der Waals surface area contributed by atoms with E-state index in [2.05, 4.69) is 26.8 Å². The summed E-state index contributed by atoms with van der Waals surface area (Å²) in [4.78, 5) is 12.2. The Morgan fingerprint density at radius 3 is 2.77 bits per heavy atom. The Hall–Kier alpha value is -1.75. The van der Waals surface area contributed by atoms with Crippen molar-refractivity contribution in [3.05, 3.63) is 28.8 Å². The number of rotatable bonds is 8.